The summed E-state index contributed by atoms with van der Waals surface area (Å²) in [5, 5.41) is 2.48. The van der Waals surface area contributed by atoms with Gasteiger partial charge < -0.3 is 9.47 Å². The van der Waals surface area contributed by atoms with E-state index in [2.05, 4.69) is 55.4 Å². The van der Waals surface area contributed by atoms with E-state index in [0.29, 0.717) is 0 Å². The van der Waals surface area contributed by atoms with Crippen LogP contribution >= 0.6 is 23.7 Å². The molecule has 0 unspecified atom stereocenters. The topological polar surface area (TPSA) is 21.1 Å². The summed E-state index contributed by atoms with van der Waals surface area (Å²) in [4.78, 5) is 8.59. The molecule has 0 aliphatic carbocycles. The standard InChI is InChI=1S/C18H25N3S.ClH/c1-5-14-8-9-16-15(12-14)17-18(22-13(4)19-17)21(16)11-10-20(6-2)7-3;/h8-9,12H,5-7,10-11H2,1-4H3;1H. The summed E-state index contributed by atoms with van der Waals surface area (Å²) in [6.45, 7) is 13.1. The molecule has 3 nitrogen and oxygen atoms in total. The number of fused-ring (bicyclic) bond motifs is 3. The Morgan fingerprint density at radius 2 is 1.91 bits per heavy atom. The van der Waals surface area contributed by atoms with Crippen LogP contribution in [0.15, 0.2) is 18.2 Å². The van der Waals surface area contributed by atoms with Crippen LogP contribution in [0.25, 0.3) is 21.3 Å². The smallest absolute Gasteiger partial charge is 0.124 e. The largest absolute Gasteiger partial charge is 0.330 e. The molecule has 0 fully saturated rings. The molecule has 0 N–H and O–H groups in total. The fourth-order valence-corrected chi connectivity index (χ4v) is 4.08. The van der Waals surface area contributed by atoms with Gasteiger partial charge in [-0.15, -0.1) is 23.7 Å². The SMILES string of the molecule is CCc1ccc2c(c1)c1nc(C)sc1n2CCN(CC)CC.Cl. The molecule has 126 valence electrons. The minimum absolute atomic E-state index is 0. The molecule has 0 saturated carbocycles. The van der Waals surface area contributed by atoms with Gasteiger partial charge in [0.2, 0.25) is 0 Å². The van der Waals surface area contributed by atoms with Crippen molar-refractivity contribution < 1.29 is 0 Å². The lowest BCUT2D eigenvalue weighted by molar-refractivity contribution is 0.293. The normalized spacial score (nSPS) is 11.5. The average Bonchev–Trinajstić information content (AvgIpc) is 3.04. The number of benzene rings is 1. The van der Waals surface area contributed by atoms with Gasteiger partial charge in [0, 0.05) is 18.5 Å². The zero-order chi connectivity index (χ0) is 15.7. The Kier molecular flexibility index (Phi) is 6.06. The summed E-state index contributed by atoms with van der Waals surface area (Å²) < 4.78 is 2.47. The van der Waals surface area contributed by atoms with E-state index in [1.807, 2.05) is 11.3 Å². The third-order valence-corrected chi connectivity index (χ3v) is 5.50. The van der Waals surface area contributed by atoms with Crippen LogP contribution in [0.3, 0.4) is 0 Å². The molecule has 3 aromatic rings. The van der Waals surface area contributed by atoms with Gasteiger partial charge in [0.25, 0.3) is 0 Å². The van der Waals surface area contributed by atoms with Gasteiger partial charge >= 0.3 is 0 Å². The molecular weight excluding hydrogens is 326 g/mol. The number of aryl methyl sites for hydroxylation is 2. The van der Waals surface area contributed by atoms with E-state index in [4.69, 9.17) is 4.98 Å². The van der Waals surface area contributed by atoms with Gasteiger partial charge in [0.05, 0.1) is 10.5 Å². The number of rotatable bonds is 6. The Morgan fingerprint density at radius 3 is 2.57 bits per heavy atom. The molecule has 0 spiro atoms. The maximum atomic E-state index is 4.79. The van der Waals surface area contributed by atoms with E-state index in [9.17, 15) is 0 Å². The zero-order valence-electron chi connectivity index (χ0n) is 14.4. The van der Waals surface area contributed by atoms with E-state index in [-0.39, 0.29) is 12.4 Å². The summed E-state index contributed by atoms with van der Waals surface area (Å²) in [7, 11) is 0. The van der Waals surface area contributed by atoms with Crippen LogP contribution in [0.2, 0.25) is 0 Å². The first-order valence-corrected chi connectivity index (χ1v) is 9.10. The van der Waals surface area contributed by atoms with Gasteiger partial charge in [0.15, 0.2) is 0 Å². The monoisotopic (exact) mass is 351 g/mol. The molecule has 0 radical (unpaired) electrons. The van der Waals surface area contributed by atoms with Crippen LogP contribution in [-0.2, 0) is 13.0 Å². The quantitative estimate of drug-likeness (QED) is 0.630. The summed E-state index contributed by atoms with van der Waals surface area (Å²) >= 11 is 1.82. The molecule has 0 bridgehead atoms. The van der Waals surface area contributed by atoms with E-state index in [1.54, 1.807) is 0 Å². The maximum absolute atomic E-state index is 4.79. The minimum atomic E-state index is 0. The summed E-state index contributed by atoms with van der Waals surface area (Å²) in [6, 6.07) is 6.86. The highest BCUT2D eigenvalue weighted by atomic mass is 35.5. The van der Waals surface area contributed by atoms with Crippen molar-refractivity contribution in [2.75, 3.05) is 19.6 Å². The Hall–Kier alpha value is -1.10. The van der Waals surface area contributed by atoms with Gasteiger partial charge in [-0.05, 0) is 44.1 Å². The van der Waals surface area contributed by atoms with Crippen LogP contribution in [0.1, 0.15) is 31.3 Å². The van der Waals surface area contributed by atoms with Crippen LogP contribution in [0.5, 0.6) is 0 Å². The van der Waals surface area contributed by atoms with E-state index < -0.39 is 0 Å². The number of hydrogen-bond donors (Lipinski definition) is 0. The molecule has 0 aliphatic heterocycles. The second-order valence-corrected chi connectivity index (χ2v) is 6.95. The van der Waals surface area contributed by atoms with E-state index in [0.717, 1.165) is 37.6 Å². The average molecular weight is 352 g/mol. The molecule has 2 aromatic heterocycles. The molecule has 23 heavy (non-hydrogen) atoms. The first-order valence-electron chi connectivity index (χ1n) is 8.28. The highest BCUT2D eigenvalue weighted by Crippen LogP contribution is 2.33. The lowest BCUT2D eigenvalue weighted by Crippen LogP contribution is -2.26. The van der Waals surface area contributed by atoms with Gasteiger partial charge in [-0.3, -0.25) is 0 Å². The third kappa shape index (κ3) is 3.39. The number of thiazole rings is 1. The van der Waals surface area contributed by atoms with Crippen molar-refractivity contribution >= 4 is 45.0 Å². The summed E-state index contributed by atoms with van der Waals surface area (Å²) in [5.74, 6) is 0. The molecular formula is C18H26ClN3S. The highest BCUT2D eigenvalue weighted by Gasteiger charge is 2.15. The first kappa shape index (κ1) is 18.2. The number of aromatic nitrogens is 2. The Balaban J connectivity index is 0.00000192. The van der Waals surface area contributed by atoms with Crippen molar-refractivity contribution in [2.45, 2.75) is 40.7 Å². The van der Waals surface area contributed by atoms with Crippen molar-refractivity contribution in [3.63, 3.8) is 0 Å². The number of nitrogens with zero attached hydrogens (tertiary/aromatic N) is 3. The van der Waals surface area contributed by atoms with Gasteiger partial charge in [-0.25, -0.2) is 4.98 Å². The Labute approximate surface area is 148 Å². The molecule has 1 aromatic carbocycles. The summed E-state index contributed by atoms with van der Waals surface area (Å²) in [5.41, 5.74) is 3.91. The summed E-state index contributed by atoms with van der Waals surface area (Å²) in [6.07, 6.45) is 1.07. The second kappa shape index (κ2) is 7.65. The molecule has 5 heteroatoms. The molecule has 3 rings (SSSR count). The van der Waals surface area contributed by atoms with Crippen molar-refractivity contribution in [1.29, 1.82) is 0 Å². The minimum Gasteiger partial charge on any atom is -0.330 e. The van der Waals surface area contributed by atoms with Crippen LogP contribution < -0.4 is 0 Å². The van der Waals surface area contributed by atoms with Crippen molar-refractivity contribution in [3.05, 3.63) is 28.8 Å². The molecule has 0 atom stereocenters. The van der Waals surface area contributed by atoms with Crippen LogP contribution in [0, 0.1) is 6.92 Å². The number of halogens is 1. The van der Waals surface area contributed by atoms with Crippen LogP contribution in [-0.4, -0.2) is 34.1 Å². The van der Waals surface area contributed by atoms with Gasteiger partial charge in [-0.2, -0.15) is 0 Å². The van der Waals surface area contributed by atoms with E-state index in [1.165, 1.54) is 26.8 Å². The van der Waals surface area contributed by atoms with Crippen molar-refractivity contribution in [3.8, 4) is 0 Å². The maximum Gasteiger partial charge on any atom is 0.124 e. The fraction of sp³-hybridized carbons (Fsp3) is 0.500. The lowest BCUT2D eigenvalue weighted by atomic mass is 10.1. The van der Waals surface area contributed by atoms with Gasteiger partial charge in [-0.1, -0.05) is 26.8 Å². The predicted molar refractivity (Wildman–Crippen MR) is 104 cm³/mol. The number of likely N-dealkylation sites (N-methyl/N-ethyl adjacent to an activating group) is 1. The molecule has 0 aliphatic rings. The fourth-order valence-electron chi connectivity index (χ4n) is 3.12. The Bertz CT molecular complexity index is 786. The van der Waals surface area contributed by atoms with Gasteiger partial charge in [0.1, 0.15) is 10.3 Å². The molecule has 0 amide bonds. The third-order valence-electron chi connectivity index (χ3n) is 4.51. The van der Waals surface area contributed by atoms with Crippen LogP contribution in [0.4, 0.5) is 0 Å². The zero-order valence-corrected chi connectivity index (χ0v) is 16.1. The lowest BCUT2D eigenvalue weighted by Gasteiger charge is -2.18. The second-order valence-electron chi connectivity index (χ2n) is 5.77. The predicted octanol–water partition coefficient (Wildman–Crippen LogP) is 4.89. The molecule has 2 heterocycles. The first-order chi connectivity index (χ1) is 10.7. The molecule has 0 saturated heterocycles. The Morgan fingerprint density at radius 1 is 1.17 bits per heavy atom. The number of hydrogen-bond acceptors (Lipinski definition) is 3. The van der Waals surface area contributed by atoms with Crippen molar-refractivity contribution in [1.82, 2.24) is 14.5 Å². The van der Waals surface area contributed by atoms with Crippen molar-refractivity contribution in [2.24, 2.45) is 0 Å². The highest BCUT2D eigenvalue weighted by molar-refractivity contribution is 7.18. The van der Waals surface area contributed by atoms with E-state index >= 15 is 0 Å².